The molecule has 3 aromatic rings. The largest absolute Gasteiger partial charge is 0.497 e. The van der Waals surface area contributed by atoms with E-state index in [1.165, 1.54) is 0 Å². The van der Waals surface area contributed by atoms with Gasteiger partial charge in [-0.1, -0.05) is 46.5 Å². The summed E-state index contributed by atoms with van der Waals surface area (Å²) in [5.41, 5.74) is 2.07. The Morgan fingerprint density at radius 1 is 1.16 bits per heavy atom. The molecule has 0 fully saturated rings. The highest BCUT2D eigenvalue weighted by Gasteiger charge is 2.31. The number of rotatable bonds is 3. The first-order valence-electron chi connectivity index (χ1n) is 7.79. The first-order chi connectivity index (χ1) is 12.2. The fourth-order valence-corrected chi connectivity index (χ4v) is 3.66. The molecule has 1 aliphatic heterocycles. The van der Waals surface area contributed by atoms with Crippen molar-refractivity contribution in [3.63, 3.8) is 0 Å². The normalized spacial score (nSPS) is 19.2. The number of ether oxygens (including phenoxy) is 1. The first kappa shape index (κ1) is 16.2. The lowest BCUT2D eigenvalue weighted by Gasteiger charge is -2.31. The van der Waals surface area contributed by atoms with Crippen molar-refractivity contribution in [1.82, 2.24) is 20.2 Å². The Morgan fingerprint density at radius 2 is 1.96 bits per heavy atom. The number of nitrogens with one attached hydrogen (secondary N) is 1. The van der Waals surface area contributed by atoms with Crippen LogP contribution in [0.15, 0.2) is 42.5 Å². The van der Waals surface area contributed by atoms with Gasteiger partial charge in [-0.05, 0) is 52.2 Å². The predicted octanol–water partition coefficient (Wildman–Crippen LogP) is 4.13. The van der Waals surface area contributed by atoms with Crippen LogP contribution in [0, 0.1) is 0 Å². The number of tetrazole rings is 1. The molecule has 2 heterocycles. The van der Waals surface area contributed by atoms with E-state index in [0.717, 1.165) is 23.3 Å². The number of anilines is 1. The van der Waals surface area contributed by atoms with Crippen LogP contribution in [-0.4, -0.2) is 27.3 Å². The Labute approximate surface area is 154 Å². The van der Waals surface area contributed by atoms with Gasteiger partial charge in [0.25, 0.3) is 0 Å². The van der Waals surface area contributed by atoms with E-state index in [9.17, 15) is 0 Å². The molecule has 8 heteroatoms. The third-order valence-electron chi connectivity index (χ3n) is 4.39. The molecule has 0 saturated heterocycles. The fraction of sp³-hybridized carbons (Fsp3) is 0.235. The van der Waals surface area contributed by atoms with Crippen molar-refractivity contribution in [2.24, 2.45) is 0 Å². The molecule has 0 bridgehead atoms. The van der Waals surface area contributed by atoms with Crippen molar-refractivity contribution in [3.05, 3.63) is 63.6 Å². The summed E-state index contributed by atoms with van der Waals surface area (Å²) in [4.78, 5) is 0. The van der Waals surface area contributed by atoms with E-state index in [1.54, 1.807) is 17.9 Å². The van der Waals surface area contributed by atoms with Gasteiger partial charge in [-0.25, -0.2) is 4.68 Å². The minimum Gasteiger partial charge on any atom is -0.497 e. The first-order valence-corrected chi connectivity index (χ1v) is 8.54. The second kappa shape index (κ2) is 6.54. The van der Waals surface area contributed by atoms with Crippen LogP contribution in [0.5, 0.6) is 5.75 Å². The standard InChI is InChI=1S/C17H15Cl2N5O/c1-25-12-5-2-10(3-6-12)15-9-16(24-17(20-15)21-22-23-24)13-7-4-11(18)8-14(13)19/h2-8,15-16H,9H2,1H3,(H,20,21,23). The monoisotopic (exact) mass is 375 g/mol. The molecular weight excluding hydrogens is 361 g/mol. The molecular formula is C17H15Cl2N5O. The van der Waals surface area contributed by atoms with Gasteiger partial charge in [0.15, 0.2) is 0 Å². The Kier molecular flexibility index (Phi) is 4.23. The molecule has 0 aliphatic carbocycles. The molecule has 1 aliphatic rings. The highest BCUT2D eigenvalue weighted by Crippen LogP contribution is 2.40. The summed E-state index contributed by atoms with van der Waals surface area (Å²) < 4.78 is 6.99. The fourth-order valence-electron chi connectivity index (χ4n) is 3.12. The number of halogens is 2. The molecule has 1 aromatic heterocycles. The molecule has 25 heavy (non-hydrogen) atoms. The minimum atomic E-state index is -0.0804. The van der Waals surface area contributed by atoms with Crippen molar-refractivity contribution < 1.29 is 4.74 Å². The van der Waals surface area contributed by atoms with Crippen LogP contribution in [0.1, 0.15) is 29.6 Å². The lowest BCUT2D eigenvalue weighted by Crippen LogP contribution is -2.28. The SMILES string of the molecule is COc1ccc(C2CC(c3ccc(Cl)cc3Cl)n3nnnc3N2)cc1. The Morgan fingerprint density at radius 3 is 2.68 bits per heavy atom. The van der Waals surface area contributed by atoms with E-state index in [-0.39, 0.29) is 12.1 Å². The molecule has 0 saturated carbocycles. The van der Waals surface area contributed by atoms with Crippen LogP contribution in [0.25, 0.3) is 0 Å². The van der Waals surface area contributed by atoms with Crippen molar-refractivity contribution in [1.29, 1.82) is 0 Å². The zero-order valence-electron chi connectivity index (χ0n) is 13.4. The summed E-state index contributed by atoms with van der Waals surface area (Å²) >= 11 is 12.5. The molecule has 0 radical (unpaired) electrons. The average molecular weight is 376 g/mol. The maximum Gasteiger partial charge on any atom is 0.243 e. The molecule has 6 nitrogen and oxygen atoms in total. The molecule has 1 N–H and O–H groups in total. The Balaban J connectivity index is 1.72. The maximum absolute atomic E-state index is 6.43. The van der Waals surface area contributed by atoms with Gasteiger partial charge in [0.2, 0.25) is 5.95 Å². The lowest BCUT2D eigenvalue weighted by atomic mass is 9.93. The van der Waals surface area contributed by atoms with Gasteiger partial charge >= 0.3 is 0 Å². The summed E-state index contributed by atoms with van der Waals surface area (Å²) in [5.74, 6) is 1.43. The van der Waals surface area contributed by atoms with Crippen LogP contribution >= 0.6 is 23.2 Å². The maximum atomic E-state index is 6.43. The molecule has 2 unspecified atom stereocenters. The average Bonchev–Trinajstić information content (AvgIpc) is 3.10. The number of nitrogens with zero attached hydrogens (tertiary/aromatic N) is 4. The second-order valence-corrected chi connectivity index (χ2v) is 6.68. The molecule has 0 spiro atoms. The number of hydrogen-bond acceptors (Lipinski definition) is 5. The van der Waals surface area contributed by atoms with Gasteiger partial charge < -0.3 is 10.1 Å². The highest BCUT2D eigenvalue weighted by atomic mass is 35.5. The number of benzene rings is 2. The smallest absolute Gasteiger partial charge is 0.243 e. The summed E-state index contributed by atoms with van der Waals surface area (Å²) in [6.07, 6.45) is 0.756. The van der Waals surface area contributed by atoms with Crippen LogP contribution in [0.2, 0.25) is 10.0 Å². The van der Waals surface area contributed by atoms with E-state index < -0.39 is 0 Å². The number of aromatic nitrogens is 4. The Hall–Kier alpha value is -2.31. The van der Waals surface area contributed by atoms with Crippen molar-refractivity contribution in [3.8, 4) is 5.75 Å². The molecule has 4 rings (SSSR count). The zero-order chi connectivity index (χ0) is 17.4. The summed E-state index contributed by atoms with van der Waals surface area (Å²) in [7, 11) is 1.65. The summed E-state index contributed by atoms with van der Waals surface area (Å²) in [6.45, 7) is 0. The molecule has 2 atom stereocenters. The number of methoxy groups -OCH3 is 1. The highest BCUT2D eigenvalue weighted by molar-refractivity contribution is 6.35. The van der Waals surface area contributed by atoms with Gasteiger partial charge in [-0.3, -0.25) is 0 Å². The van der Waals surface area contributed by atoms with E-state index in [4.69, 9.17) is 27.9 Å². The lowest BCUT2D eigenvalue weighted by molar-refractivity contribution is 0.412. The summed E-state index contributed by atoms with van der Waals surface area (Å²) in [5, 5.41) is 16.6. The zero-order valence-corrected chi connectivity index (χ0v) is 14.9. The minimum absolute atomic E-state index is 0.0566. The third kappa shape index (κ3) is 3.03. The predicted molar refractivity (Wildman–Crippen MR) is 96.4 cm³/mol. The van der Waals surface area contributed by atoms with Crippen molar-refractivity contribution in [2.75, 3.05) is 12.4 Å². The molecule has 128 valence electrons. The second-order valence-electron chi connectivity index (χ2n) is 5.83. The quantitative estimate of drug-likeness (QED) is 0.745. The van der Waals surface area contributed by atoms with Gasteiger partial charge in [-0.15, -0.1) is 0 Å². The van der Waals surface area contributed by atoms with E-state index in [0.29, 0.717) is 16.0 Å². The van der Waals surface area contributed by atoms with Gasteiger partial charge in [0, 0.05) is 10.0 Å². The van der Waals surface area contributed by atoms with E-state index in [1.807, 2.05) is 36.4 Å². The van der Waals surface area contributed by atoms with Gasteiger partial charge in [0.1, 0.15) is 5.75 Å². The van der Waals surface area contributed by atoms with Crippen LogP contribution in [0.3, 0.4) is 0 Å². The molecule has 0 amide bonds. The van der Waals surface area contributed by atoms with Crippen LogP contribution in [0.4, 0.5) is 5.95 Å². The number of hydrogen-bond donors (Lipinski definition) is 1. The van der Waals surface area contributed by atoms with Crippen molar-refractivity contribution >= 4 is 29.2 Å². The van der Waals surface area contributed by atoms with Crippen LogP contribution < -0.4 is 10.1 Å². The Bertz CT molecular complexity index is 896. The van der Waals surface area contributed by atoms with Crippen LogP contribution in [-0.2, 0) is 0 Å². The summed E-state index contributed by atoms with van der Waals surface area (Å²) in [6, 6.07) is 13.4. The topological polar surface area (TPSA) is 64.9 Å². The molecule has 2 aromatic carbocycles. The van der Waals surface area contributed by atoms with E-state index in [2.05, 4.69) is 20.8 Å². The van der Waals surface area contributed by atoms with Gasteiger partial charge in [0.05, 0.1) is 19.2 Å². The van der Waals surface area contributed by atoms with Gasteiger partial charge in [-0.2, -0.15) is 0 Å². The third-order valence-corrected chi connectivity index (χ3v) is 4.95. The van der Waals surface area contributed by atoms with E-state index >= 15 is 0 Å². The van der Waals surface area contributed by atoms with Crippen molar-refractivity contribution in [2.45, 2.75) is 18.5 Å². The number of fused-ring (bicyclic) bond motifs is 1.